The number of hydrogen-bond donors (Lipinski definition) is 2. The number of hydrogen-bond acceptors (Lipinski definition) is 5. The minimum atomic E-state index is -0.310. The first-order chi connectivity index (χ1) is 14.1. The van der Waals surface area contributed by atoms with Crippen molar-refractivity contribution >= 4 is 35.6 Å². The molecular formula is C21H19Cl2N5O2. The Bertz CT molecular complexity index is 1070. The predicted molar refractivity (Wildman–Crippen MR) is 116 cm³/mol. The monoisotopic (exact) mass is 443 g/mol. The van der Waals surface area contributed by atoms with Crippen molar-refractivity contribution in [2.45, 2.75) is 6.10 Å². The van der Waals surface area contributed by atoms with Gasteiger partial charge in [0, 0.05) is 19.3 Å². The second-order valence-electron chi connectivity index (χ2n) is 6.59. The zero-order chi connectivity index (χ0) is 20.2. The number of nitrogens with zero attached hydrogens (tertiary/aromatic N) is 3. The Morgan fingerprint density at radius 3 is 2.77 bits per heavy atom. The maximum absolute atomic E-state index is 12.6. The summed E-state index contributed by atoms with van der Waals surface area (Å²) in [6, 6.07) is 14.5. The summed E-state index contributed by atoms with van der Waals surface area (Å²) in [7, 11) is 0. The van der Waals surface area contributed by atoms with Gasteiger partial charge < -0.3 is 15.4 Å². The lowest BCUT2D eigenvalue weighted by Gasteiger charge is -2.24. The molecule has 1 aliphatic rings. The van der Waals surface area contributed by atoms with E-state index in [1.54, 1.807) is 41.2 Å². The molecule has 1 unspecified atom stereocenters. The third-order valence-corrected chi connectivity index (χ3v) is 4.96. The van der Waals surface area contributed by atoms with Crippen LogP contribution in [0.25, 0.3) is 5.69 Å². The van der Waals surface area contributed by atoms with Crippen LogP contribution in [0.4, 0.5) is 5.69 Å². The first-order valence-electron chi connectivity index (χ1n) is 9.12. The zero-order valence-electron chi connectivity index (χ0n) is 15.8. The summed E-state index contributed by atoms with van der Waals surface area (Å²) in [6.07, 6.45) is 3.06. The lowest BCUT2D eigenvalue weighted by molar-refractivity contribution is 0.0277. The van der Waals surface area contributed by atoms with Gasteiger partial charge in [0.1, 0.15) is 0 Å². The minimum Gasteiger partial charge on any atom is -0.371 e. The molecule has 2 aromatic carbocycles. The van der Waals surface area contributed by atoms with E-state index >= 15 is 0 Å². The fourth-order valence-electron chi connectivity index (χ4n) is 3.08. The van der Waals surface area contributed by atoms with Crippen molar-refractivity contribution in [2.24, 2.45) is 0 Å². The molecule has 0 aliphatic carbocycles. The van der Waals surface area contributed by atoms with Crippen LogP contribution in [0.2, 0.25) is 5.02 Å². The van der Waals surface area contributed by atoms with Crippen LogP contribution >= 0.6 is 24.0 Å². The van der Waals surface area contributed by atoms with E-state index in [0.29, 0.717) is 28.4 Å². The standard InChI is InChI=1S/C21H18ClN5O2.ClH/c22-18-9-15(20-12-24-7-8-29-20)3-6-19(18)26-21(28)16-11-25-27(13-16)17-4-1-14(10-23)2-5-17;/h1-6,9,11,13,20,24H,7-8,12H2,(H,26,28);1H. The highest BCUT2D eigenvalue weighted by Crippen LogP contribution is 2.28. The summed E-state index contributed by atoms with van der Waals surface area (Å²) >= 11 is 6.37. The number of nitrogens with one attached hydrogen (secondary N) is 2. The van der Waals surface area contributed by atoms with Crippen LogP contribution in [0.15, 0.2) is 54.9 Å². The smallest absolute Gasteiger partial charge is 0.258 e. The first kappa shape index (κ1) is 21.8. The van der Waals surface area contributed by atoms with Crippen LogP contribution in [0.3, 0.4) is 0 Å². The second kappa shape index (κ2) is 9.74. The number of amides is 1. The van der Waals surface area contributed by atoms with Crippen molar-refractivity contribution in [3.05, 3.63) is 76.6 Å². The number of aromatic nitrogens is 2. The molecule has 2 N–H and O–H groups in total. The third kappa shape index (κ3) is 4.81. The van der Waals surface area contributed by atoms with E-state index in [0.717, 1.165) is 24.3 Å². The second-order valence-corrected chi connectivity index (χ2v) is 7.00. The SMILES string of the molecule is Cl.N#Cc1ccc(-n2cc(C(=O)Nc3ccc(C4CNCCO4)cc3Cl)cn2)cc1. The molecular weight excluding hydrogens is 425 g/mol. The van der Waals surface area contributed by atoms with Crippen molar-refractivity contribution in [1.82, 2.24) is 15.1 Å². The van der Waals surface area contributed by atoms with E-state index in [2.05, 4.69) is 21.8 Å². The normalized spacial score (nSPS) is 15.7. The van der Waals surface area contributed by atoms with E-state index in [4.69, 9.17) is 21.6 Å². The fraction of sp³-hybridized carbons (Fsp3) is 0.190. The summed E-state index contributed by atoms with van der Waals surface area (Å²) in [5, 5.41) is 19.6. The Kier molecular flexibility index (Phi) is 7.08. The van der Waals surface area contributed by atoms with E-state index in [1.807, 2.05) is 12.1 Å². The Morgan fingerprint density at radius 2 is 2.10 bits per heavy atom. The molecule has 0 radical (unpaired) electrons. The number of halogens is 2. The molecule has 1 aliphatic heterocycles. The quantitative estimate of drug-likeness (QED) is 0.640. The highest BCUT2D eigenvalue weighted by Gasteiger charge is 2.18. The Balaban J connectivity index is 0.00000256. The molecule has 1 atom stereocenters. The number of rotatable bonds is 4. The van der Waals surface area contributed by atoms with Gasteiger partial charge in [-0.05, 0) is 42.0 Å². The lowest BCUT2D eigenvalue weighted by Crippen LogP contribution is -2.33. The Hall–Kier alpha value is -2.89. The van der Waals surface area contributed by atoms with Crippen molar-refractivity contribution in [3.8, 4) is 11.8 Å². The van der Waals surface area contributed by atoms with Crippen LogP contribution in [0.1, 0.15) is 27.6 Å². The van der Waals surface area contributed by atoms with Crippen molar-refractivity contribution in [2.75, 3.05) is 25.0 Å². The van der Waals surface area contributed by atoms with E-state index in [9.17, 15) is 4.79 Å². The molecule has 4 rings (SSSR count). The molecule has 30 heavy (non-hydrogen) atoms. The molecule has 1 saturated heterocycles. The van der Waals surface area contributed by atoms with Crippen molar-refractivity contribution < 1.29 is 9.53 Å². The molecule has 154 valence electrons. The van der Waals surface area contributed by atoms with E-state index in [-0.39, 0.29) is 24.4 Å². The average Bonchev–Trinajstić information content (AvgIpc) is 3.26. The van der Waals surface area contributed by atoms with Crippen molar-refractivity contribution in [1.29, 1.82) is 5.26 Å². The predicted octanol–water partition coefficient (Wildman–Crippen LogP) is 3.73. The molecule has 1 amide bonds. The molecule has 7 nitrogen and oxygen atoms in total. The summed E-state index contributed by atoms with van der Waals surface area (Å²) < 4.78 is 7.31. The molecule has 0 saturated carbocycles. The molecule has 1 aromatic heterocycles. The molecule has 3 aromatic rings. The van der Waals surface area contributed by atoms with Gasteiger partial charge in [-0.15, -0.1) is 12.4 Å². The number of carbonyl (C=O) groups is 1. The summed E-state index contributed by atoms with van der Waals surface area (Å²) in [5.41, 5.74) is 3.20. The number of nitriles is 1. The van der Waals surface area contributed by atoms with Gasteiger partial charge in [-0.3, -0.25) is 4.79 Å². The largest absolute Gasteiger partial charge is 0.371 e. The maximum Gasteiger partial charge on any atom is 0.258 e. The van der Waals surface area contributed by atoms with Gasteiger partial charge >= 0.3 is 0 Å². The van der Waals surface area contributed by atoms with Gasteiger partial charge in [0.2, 0.25) is 0 Å². The number of morpholine rings is 1. The lowest BCUT2D eigenvalue weighted by atomic mass is 10.1. The number of anilines is 1. The van der Waals surface area contributed by atoms with Gasteiger partial charge in [-0.2, -0.15) is 10.4 Å². The highest BCUT2D eigenvalue weighted by atomic mass is 35.5. The number of ether oxygens (including phenoxy) is 1. The molecule has 9 heteroatoms. The Labute approximate surface area is 185 Å². The van der Waals surface area contributed by atoms with Gasteiger partial charge in [0.25, 0.3) is 5.91 Å². The molecule has 2 heterocycles. The topological polar surface area (TPSA) is 92.0 Å². The third-order valence-electron chi connectivity index (χ3n) is 4.65. The highest BCUT2D eigenvalue weighted by molar-refractivity contribution is 6.34. The number of benzene rings is 2. The van der Waals surface area contributed by atoms with Crippen LogP contribution < -0.4 is 10.6 Å². The maximum atomic E-state index is 12.6. The van der Waals surface area contributed by atoms with Crippen LogP contribution in [-0.2, 0) is 4.74 Å². The van der Waals surface area contributed by atoms with E-state index < -0.39 is 0 Å². The fourth-order valence-corrected chi connectivity index (χ4v) is 3.31. The van der Waals surface area contributed by atoms with Crippen LogP contribution in [-0.4, -0.2) is 35.4 Å². The number of carbonyl (C=O) groups excluding carboxylic acids is 1. The van der Waals surface area contributed by atoms with Gasteiger partial charge in [-0.25, -0.2) is 4.68 Å². The molecule has 0 spiro atoms. The van der Waals surface area contributed by atoms with Gasteiger partial charge in [0.15, 0.2) is 0 Å². The van der Waals surface area contributed by atoms with Crippen LogP contribution in [0.5, 0.6) is 0 Å². The zero-order valence-corrected chi connectivity index (χ0v) is 17.4. The minimum absolute atomic E-state index is 0. The average molecular weight is 444 g/mol. The summed E-state index contributed by atoms with van der Waals surface area (Å²) in [5.74, 6) is -0.310. The van der Waals surface area contributed by atoms with E-state index in [1.165, 1.54) is 6.20 Å². The Morgan fingerprint density at radius 1 is 1.30 bits per heavy atom. The summed E-state index contributed by atoms with van der Waals surface area (Å²) in [6.45, 7) is 2.23. The molecule has 0 bridgehead atoms. The van der Waals surface area contributed by atoms with Crippen molar-refractivity contribution in [3.63, 3.8) is 0 Å². The van der Waals surface area contributed by atoms with Crippen LogP contribution in [0, 0.1) is 11.3 Å². The van der Waals surface area contributed by atoms with Gasteiger partial charge in [0.05, 0.1) is 52.5 Å². The first-order valence-corrected chi connectivity index (χ1v) is 9.50. The summed E-state index contributed by atoms with van der Waals surface area (Å²) in [4.78, 5) is 12.6. The van der Waals surface area contributed by atoms with Gasteiger partial charge in [-0.1, -0.05) is 17.7 Å². The molecule has 1 fully saturated rings.